The van der Waals surface area contributed by atoms with E-state index < -0.39 is 0 Å². The van der Waals surface area contributed by atoms with Gasteiger partial charge in [0.1, 0.15) is 0 Å². The van der Waals surface area contributed by atoms with Crippen LogP contribution in [0.15, 0.2) is 12.7 Å². The van der Waals surface area contributed by atoms with Crippen LogP contribution in [0, 0.1) is 5.92 Å². The van der Waals surface area contributed by atoms with E-state index in [4.69, 9.17) is 4.74 Å². The first-order chi connectivity index (χ1) is 11.2. The Balaban J connectivity index is 0.00000288. The lowest BCUT2D eigenvalue weighted by molar-refractivity contribution is 0.0850. The van der Waals surface area contributed by atoms with Gasteiger partial charge in [-0.05, 0) is 22.8 Å². The van der Waals surface area contributed by atoms with Gasteiger partial charge >= 0.3 is 0 Å². The zero-order valence-corrected chi connectivity index (χ0v) is 15.9. The second-order valence-corrected chi connectivity index (χ2v) is 6.52. The third-order valence-corrected chi connectivity index (χ3v) is 4.29. The van der Waals surface area contributed by atoms with Gasteiger partial charge in [0.05, 0.1) is 19.2 Å². The molecule has 1 aromatic heterocycles. The quantitative estimate of drug-likeness (QED) is 0.625. The Bertz CT molecular complexity index is 473. The minimum Gasteiger partial charge on any atom is -0.383 e. The average molecular weight is 359 g/mol. The third kappa shape index (κ3) is 5.81. The van der Waals surface area contributed by atoms with Crippen molar-refractivity contribution >= 4 is 12.4 Å². The van der Waals surface area contributed by atoms with Crippen LogP contribution in [0.5, 0.6) is 0 Å². The van der Waals surface area contributed by atoms with E-state index in [9.17, 15) is 0 Å². The number of nitrogens with zero attached hydrogens (tertiary/aromatic N) is 6. The van der Waals surface area contributed by atoms with Gasteiger partial charge in [0.25, 0.3) is 0 Å². The molecule has 0 aliphatic carbocycles. The van der Waals surface area contributed by atoms with Crippen molar-refractivity contribution in [2.45, 2.75) is 32.9 Å². The van der Waals surface area contributed by atoms with Crippen LogP contribution >= 0.6 is 12.4 Å². The number of hydrogen-bond acceptors (Lipinski definition) is 6. The van der Waals surface area contributed by atoms with Gasteiger partial charge in [-0.25, -0.2) is 4.68 Å². The molecule has 0 spiro atoms. The number of piperazine rings is 1. The number of methoxy groups -OCH3 is 1. The van der Waals surface area contributed by atoms with Crippen molar-refractivity contribution in [2.75, 3.05) is 46.4 Å². The van der Waals surface area contributed by atoms with Crippen molar-refractivity contribution in [1.29, 1.82) is 0 Å². The highest BCUT2D eigenvalue weighted by atomic mass is 35.5. The van der Waals surface area contributed by atoms with Crippen LogP contribution < -0.4 is 0 Å². The van der Waals surface area contributed by atoms with Gasteiger partial charge in [0, 0.05) is 39.8 Å². The highest BCUT2D eigenvalue weighted by Gasteiger charge is 2.29. The first-order valence-corrected chi connectivity index (χ1v) is 8.48. The van der Waals surface area contributed by atoms with Crippen LogP contribution in [0.25, 0.3) is 0 Å². The Labute approximate surface area is 151 Å². The molecule has 1 aliphatic heterocycles. The minimum atomic E-state index is 0. The lowest BCUT2D eigenvalue weighted by Gasteiger charge is -2.39. The molecule has 1 saturated heterocycles. The van der Waals surface area contributed by atoms with Gasteiger partial charge < -0.3 is 4.74 Å². The lowest BCUT2D eigenvalue weighted by Crippen LogP contribution is -2.48. The van der Waals surface area contributed by atoms with Crippen molar-refractivity contribution in [3.63, 3.8) is 0 Å². The summed E-state index contributed by atoms with van der Waals surface area (Å²) < 4.78 is 7.07. The Morgan fingerprint density at radius 1 is 1.25 bits per heavy atom. The van der Waals surface area contributed by atoms with Crippen LogP contribution in [0.4, 0.5) is 0 Å². The highest BCUT2D eigenvalue weighted by molar-refractivity contribution is 5.85. The van der Waals surface area contributed by atoms with Crippen LogP contribution in [0.3, 0.4) is 0 Å². The van der Waals surface area contributed by atoms with Gasteiger partial charge in [-0.15, -0.1) is 24.1 Å². The molecule has 0 radical (unpaired) electrons. The molecular formula is C16H31ClN6O. The maximum Gasteiger partial charge on any atom is 0.168 e. The Morgan fingerprint density at radius 3 is 2.54 bits per heavy atom. The second-order valence-electron chi connectivity index (χ2n) is 6.52. The molecule has 1 aromatic rings. The summed E-state index contributed by atoms with van der Waals surface area (Å²) in [5.74, 6) is 1.56. The molecular weight excluding hydrogens is 328 g/mol. The smallest absolute Gasteiger partial charge is 0.168 e. The monoisotopic (exact) mass is 358 g/mol. The molecule has 1 fully saturated rings. The molecule has 24 heavy (non-hydrogen) atoms. The fraction of sp³-hybridized carbons (Fsp3) is 0.812. The van der Waals surface area contributed by atoms with Crippen LogP contribution in [0.1, 0.15) is 32.1 Å². The molecule has 1 aliphatic rings. The van der Waals surface area contributed by atoms with E-state index in [-0.39, 0.29) is 18.4 Å². The van der Waals surface area contributed by atoms with E-state index in [0.717, 1.165) is 45.0 Å². The maximum atomic E-state index is 5.17. The topological polar surface area (TPSA) is 59.3 Å². The third-order valence-electron chi connectivity index (χ3n) is 4.29. The molecule has 0 bridgehead atoms. The van der Waals surface area contributed by atoms with E-state index in [1.807, 2.05) is 10.8 Å². The first kappa shape index (κ1) is 21.0. The molecule has 7 nitrogen and oxygen atoms in total. The Kier molecular flexibility index (Phi) is 9.43. The number of ether oxygens (including phenoxy) is 1. The lowest BCUT2D eigenvalue weighted by atomic mass is 10.0. The number of tetrazole rings is 1. The molecule has 2 heterocycles. The molecule has 1 unspecified atom stereocenters. The molecule has 0 aromatic carbocycles. The average Bonchev–Trinajstić information content (AvgIpc) is 3.00. The summed E-state index contributed by atoms with van der Waals surface area (Å²) >= 11 is 0. The van der Waals surface area contributed by atoms with Crippen LogP contribution in [0.2, 0.25) is 0 Å². The predicted octanol–water partition coefficient (Wildman–Crippen LogP) is 1.63. The molecule has 1 atom stereocenters. The zero-order valence-electron chi connectivity index (χ0n) is 15.1. The minimum absolute atomic E-state index is 0. The summed E-state index contributed by atoms with van der Waals surface area (Å²) in [5.41, 5.74) is 0. The fourth-order valence-electron chi connectivity index (χ4n) is 3.09. The SMILES string of the molecule is C=CCN1CCN(C(CC(C)C)c2nnnn2CCOC)CC1.Cl. The molecule has 0 N–H and O–H groups in total. The summed E-state index contributed by atoms with van der Waals surface area (Å²) in [5, 5.41) is 12.4. The van der Waals surface area contributed by atoms with E-state index in [0.29, 0.717) is 19.1 Å². The van der Waals surface area contributed by atoms with E-state index in [2.05, 4.69) is 45.8 Å². The van der Waals surface area contributed by atoms with Crippen molar-refractivity contribution in [1.82, 2.24) is 30.0 Å². The maximum absolute atomic E-state index is 5.17. The summed E-state index contributed by atoms with van der Waals surface area (Å²) in [4.78, 5) is 4.96. The molecule has 2 rings (SSSR count). The van der Waals surface area contributed by atoms with E-state index in [1.165, 1.54) is 0 Å². The molecule has 0 amide bonds. The zero-order chi connectivity index (χ0) is 16.7. The highest BCUT2D eigenvalue weighted by Crippen LogP contribution is 2.27. The number of halogens is 1. The van der Waals surface area contributed by atoms with Gasteiger partial charge in [-0.2, -0.15) is 0 Å². The van der Waals surface area contributed by atoms with Crippen LogP contribution in [-0.4, -0.2) is 76.4 Å². The van der Waals surface area contributed by atoms with E-state index >= 15 is 0 Å². The van der Waals surface area contributed by atoms with Crippen molar-refractivity contribution in [3.8, 4) is 0 Å². The number of aromatic nitrogens is 4. The van der Waals surface area contributed by atoms with Crippen molar-refractivity contribution in [3.05, 3.63) is 18.5 Å². The largest absolute Gasteiger partial charge is 0.383 e. The number of hydrogen-bond donors (Lipinski definition) is 0. The molecule has 8 heteroatoms. The summed E-state index contributed by atoms with van der Waals surface area (Å²) in [6, 6.07) is 0.271. The summed E-state index contributed by atoms with van der Waals surface area (Å²) in [6.07, 6.45) is 3.04. The Morgan fingerprint density at radius 2 is 1.96 bits per heavy atom. The van der Waals surface area contributed by atoms with Crippen molar-refractivity contribution in [2.24, 2.45) is 5.92 Å². The van der Waals surface area contributed by atoms with Crippen LogP contribution in [-0.2, 0) is 11.3 Å². The summed E-state index contributed by atoms with van der Waals surface area (Å²) in [6.45, 7) is 14.9. The number of rotatable bonds is 9. The van der Waals surface area contributed by atoms with E-state index in [1.54, 1.807) is 7.11 Å². The predicted molar refractivity (Wildman–Crippen MR) is 97.3 cm³/mol. The van der Waals surface area contributed by atoms with Gasteiger partial charge in [-0.1, -0.05) is 19.9 Å². The standard InChI is InChI=1S/C16H30N6O.ClH/c1-5-6-20-7-9-21(10-8-20)15(13-14(2)3)16-17-18-19-22(16)11-12-23-4;/h5,14-15H,1,6-13H2,2-4H3;1H. The first-order valence-electron chi connectivity index (χ1n) is 8.48. The molecule has 138 valence electrons. The second kappa shape index (κ2) is 10.8. The summed E-state index contributed by atoms with van der Waals surface area (Å²) in [7, 11) is 1.70. The van der Waals surface area contributed by atoms with Gasteiger partial charge in [0.2, 0.25) is 0 Å². The van der Waals surface area contributed by atoms with Gasteiger partial charge in [0.15, 0.2) is 5.82 Å². The fourth-order valence-corrected chi connectivity index (χ4v) is 3.09. The Hall–Kier alpha value is -1.02. The molecule has 0 saturated carbocycles. The normalized spacial score (nSPS) is 17.7. The van der Waals surface area contributed by atoms with Crippen molar-refractivity contribution < 1.29 is 4.74 Å². The van der Waals surface area contributed by atoms with Gasteiger partial charge in [-0.3, -0.25) is 9.80 Å².